The zero-order valence-electron chi connectivity index (χ0n) is 7.51. The van der Waals surface area contributed by atoms with Gasteiger partial charge in [0.15, 0.2) is 5.16 Å². The second kappa shape index (κ2) is 4.56. The average Bonchev–Trinajstić information content (AvgIpc) is 2.53. The van der Waals surface area contributed by atoms with E-state index < -0.39 is 17.9 Å². The van der Waals surface area contributed by atoms with E-state index in [-0.39, 0.29) is 5.75 Å². The van der Waals surface area contributed by atoms with Crippen LogP contribution in [0, 0.1) is 11.3 Å². The molecule has 0 aromatic carbocycles. The van der Waals surface area contributed by atoms with Crippen LogP contribution >= 0.6 is 11.8 Å². The van der Waals surface area contributed by atoms with Crippen LogP contribution in [0.2, 0.25) is 0 Å². The molecule has 84 valence electrons. The summed E-state index contributed by atoms with van der Waals surface area (Å²) in [6.45, 7) is 0. The zero-order valence-corrected chi connectivity index (χ0v) is 8.32. The zero-order chi connectivity index (χ0) is 11.5. The topological polar surface area (TPSA) is 78.6 Å². The van der Waals surface area contributed by atoms with Crippen LogP contribution in [0.15, 0.2) is 17.6 Å². The molecular formula is C7H9F3N4S. The lowest BCUT2D eigenvalue weighted by atomic mass is 10.1. The molecule has 0 bridgehead atoms. The number of nitrogens with two attached hydrogens (primary N) is 1. The van der Waals surface area contributed by atoms with Gasteiger partial charge in [-0.25, -0.2) is 4.98 Å². The number of alkyl halides is 3. The van der Waals surface area contributed by atoms with Gasteiger partial charge in [0.2, 0.25) is 0 Å². The first-order chi connectivity index (χ1) is 6.91. The largest absolute Gasteiger partial charge is 0.399 e. The maximum Gasteiger partial charge on any atom is 0.399 e. The Morgan fingerprint density at radius 1 is 1.67 bits per heavy atom. The highest BCUT2D eigenvalue weighted by Gasteiger charge is 2.41. The highest BCUT2D eigenvalue weighted by molar-refractivity contribution is 7.99. The van der Waals surface area contributed by atoms with Gasteiger partial charge in [-0.2, -0.15) is 13.2 Å². The molecule has 1 unspecified atom stereocenters. The van der Waals surface area contributed by atoms with E-state index in [2.05, 4.69) is 9.97 Å². The lowest BCUT2D eigenvalue weighted by Gasteiger charge is -2.17. The molecule has 0 fully saturated rings. The molecule has 8 heteroatoms. The molecule has 0 saturated carbocycles. The summed E-state index contributed by atoms with van der Waals surface area (Å²) in [5, 5.41) is 7.23. The Morgan fingerprint density at radius 2 is 2.33 bits per heavy atom. The lowest BCUT2D eigenvalue weighted by Crippen LogP contribution is -2.37. The van der Waals surface area contributed by atoms with Gasteiger partial charge in [-0.3, -0.25) is 5.41 Å². The molecule has 0 spiro atoms. The maximum atomic E-state index is 12.3. The van der Waals surface area contributed by atoms with Crippen LogP contribution in [0.3, 0.4) is 0 Å². The minimum atomic E-state index is -4.48. The fourth-order valence-corrected chi connectivity index (χ4v) is 1.83. The molecule has 0 aliphatic carbocycles. The lowest BCUT2D eigenvalue weighted by molar-refractivity contribution is -0.150. The number of aromatic nitrogens is 2. The number of nitrogens with zero attached hydrogens (tertiary/aromatic N) is 1. The van der Waals surface area contributed by atoms with Crippen LogP contribution in [0.5, 0.6) is 0 Å². The Kier molecular flexibility index (Phi) is 3.61. The third kappa shape index (κ3) is 3.46. The summed E-state index contributed by atoms with van der Waals surface area (Å²) in [6.07, 6.45) is -1.52. The number of hydrogen-bond acceptors (Lipinski definition) is 3. The Bertz CT molecular complexity index is 321. The Balaban J connectivity index is 2.57. The molecule has 0 amide bonds. The van der Waals surface area contributed by atoms with E-state index in [9.17, 15) is 13.2 Å². The highest BCUT2D eigenvalue weighted by atomic mass is 32.2. The standard InChI is InChI=1S/C7H9F3N4S/c8-7(9,10)4(5(11)12)3-15-6-13-1-2-14-6/h1-2,4H,3H2,(H3,11,12)(H,13,14). The summed E-state index contributed by atoms with van der Waals surface area (Å²) in [4.78, 5) is 6.41. The molecule has 0 radical (unpaired) electrons. The first-order valence-corrected chi connectivity index (χ1v) is 4.92. The number of rotatable bonds is 4. The van der Waals surface area contributed by atoms with E-state index in [1.54, 1.807) is 0 Å². The molecule has 4 N–H and O–H groups in total. The maximum absolute atomic E-state index is 12.3. The van der Waals surface area contributed by atoms with Gasteiger partial charge in [-0.1, -0.05) is 11.8 Å². The molecular weight excluding hydrogens is 229 g/mol. The van der Waals surface area contributed by atoms with Crippen LogP contribution in [-0.2, 0) is 0 Å². The summed E-state index contributed by atoms with van der Waals surface area (Å²) < 4.78 is 37.0. The van der Waals surface area contributed by atoms with Crippen molar-refractivity contribution < 1.29 is 13.2 Å². The summed E-state index contributed by atoms with van der Waals surface area (Å²) in [6, 6.07) is 0. The van der Waals surface area contributed by atoms with Gasteiger partial charge < -0.3 is 10.7 Å². The number of H-pyrrole nitrogens is 1. The molecule has 0 aliphatic rings. The SMILES string of the molecule is N=C(N)C(CSc1ncc[nH]1)C(F)(F)F. The minimum Gasteiger partial charge on any atom is -0.387 e. The van der Waals surface area contributed by atoms with E-state index in [4.69, 9.17) is 11.1 Å². The Labute approximate surface area is 88.0 Å². The minimum absolute atomic E-state index is 0.341. The van der Waals surface area contributed by atoms with Gasteiger partial charge in [0, 0.05) is 18.1 Å². The molecule has 1 atom stereocenters. The quantitative estimate of drug-likeness (QED) is 0.423. The van der Waals surface area contributed by atoms with Crippen molar-refractivity contribution in [3.05, 3.63) is 12.4 Å². The summed E-state index contributed by atoms with van der Waals surface area (Å²) in [5.41, 5.74) is 4.88. The van der Waals surface area contributed by atoms with Gasteiger partial charge in [0.1, 0.15) is 11.8 Å². The predicted molar refractivity (Wildman–Crippen MR) is 50.8 cm³/mol. The average molecular weight is 238 g/mol. The Hall–Kier alpha value is -1.18. The molecule has 0 aliphatic heterocycles. The van der Waals surface area contributed by atoms with Gasteiger partial charge in [0.25, 0.3) is 0 Å². The van der Waals surface area contributed by atoms with Crippen molar-refractivity contribution >= 4 is 17.6 Å². The summed E-state index contributed by atoms with van der Waals surface area (Å²) in [7, 11) is 0. The molecule has 15 heavy (non-hydrogen) atoms. The number of aromatic amines is 1. The van der Waals surface area contributed by atoms with Crippen LogP contribution in [0.1, 0.15) is 0 Å². The first kappa shape index (κ1) is 11.9. The number of nitrogens with one attached hydrogen (secondary N) is 2. The summed E-state index contributed by atoms with van der Waals surface area (Å²) in [5.74, 6) is -3.14. The number of hydrogen-bond donors (Lipinski definition) is 3. The fourth-order valence-electron chi connectivity index (χ4n) is 0.853. The monoisotopic (exact) mass is 238 g/mol. The number of thioether (sulfide) groups is 1. The van der Waals surface area contributed by atoms with Crippen LogP contribution in [0.4, 0.5) is 13.2 Å². The predicted octanol–water partition coefficient (Wildman–Crippen LogP) is 1.62. The van der Waals surface area contributed by atoms with Gasteiger partial charge in [-0.05, 0) is 0 Å². The van der Waals surface area contributed by atoms with E-state index in [0.29, 0.717) is 5.16 Å². The van der Waals surface area contributed by atoms with Crippen molar-refractivity contribution in [2.75, 3.05) is 5.75 Å². The van der Waals surface area contributed by atoms with E-state index in [1.807, 2.05) is 0 Å². The highest BCUT2D eigenvalue weighted by Crippen LogP contribution is 2.30. The van der Waals surface area contributed by atoms with E-state index in [1.165, 1.54) is 12.4 Å². The van der Waals surface area contributed by atoms with Crippen molar-refractivity contribution in [1.29, 1.82) is 5.41 Å². The van der Waals surface area contributed by atoms with Crippen LogP contribution in [-0.4, -0.2) is 27.7 Å². The van der Waals surface area contributed by atoms with Gasteiger partial charge >= 0.3 is 6.18 Å². The number of amidine groups is 1. The number of halogens is 3. The summed E-state index contributed by atoms with van der Waals surface area (Å²) >= 11 is 0.883. The van der Waals surface area contributed by atoms with Gasteiger partial charge in [0.05, 0.1) is 0 Å². The van der Waals surface area contributed by atoms with Crippen molar-refractivity contribution in [3.63, 3.8) is 0 Å². The number of imidazole rings is 1. The van der Waals surface area contributed by atoms with Crippen LogP contribution in [0.25, 0.3) is 0 Å². The molecule has 1 heterocycles. The Morgan fingerprint density at radius 3 is 2.73 bits per heavy atom. The first-order valence-electron chi connectivity index (χ1n) is 3.94. The van der Waals surface area contributed by atoms with Crippen molar-refractivity contribution in [2.45, 2.75) is 11.3 Å². The molecule has 1 aromatic rings. The van der Waals surface area contributed by atoms with Crippen LogP contribution < -0.4 is 5.73 Å². The van der Waals surface area contributed by atoms with Crippen molar-refractivity contribution in [3.8, 4) is 0 Å². The molecule has 1 rings (SSSR count). The fraction of sp³-hybridized carbons (Fsp3) is 0.429. The van der Waals surface area contributed by atoms with Gasteiger partial charge in [-0.15, -0.1) is 0 Å². The molecule has 4 nitrogen and oxygen atoms in total. The third-order valence-corrected chi connectivity index (χ3v) is 2.63. The smallest absolute Gasteiger partial charge is 0.387 e. The van der Waals surface area contributed by atoms with E-state index >= 15 is 0 Å². The van der Waals surface area contributed by atoms with E-state index in [0.717, 1.165) is 11.8 Å². The van der Waals surface area contributed by atoms with Crippen molar-refractivity contribution in [1.82, 2.24) is 9.97 Å². The third-order valence-electron chi connectivity index (χ3n) is 1.63. The normalized spacial score (nSPS) is 13.8. The second-order valence-corrected chi connectivity index (χ2v) is 3.76. The second-order valence-electron chi connectivity index (χ2n) is 2.75. The van der Waals surface area contributed by atoms with Crippen molar-refractivity contribution in [2.24, 2.45) is 11.7 Å². The molecule has 0 saturated heterocycles. The molecule has 1 aromatic heterocycles.